The van der Waals surface area contributed by atoms with Gasteiger partial charge in [-0.2, -0.15) is 0 Å². The summed E-state index contributed by atoms with van der Waals surface area (Å²) < 4.78 is 18.3. The van der Waals surface area contributed by atoms with Crippen LogP contribution in [0.2, 0.25) is 0 Å². The van der Waals surface area contributed by atoms with Crippen molar-refractivity contribution in [2.45, 2.75) is 58.4 Å². The Bertz CT molecular complexity index is 1650. The fraction of sp³-hybridized carbons (Fsp3) is 0.303. The standard InChI is InChI=1S/C33H35FN4O3/c1-22-14-13-15-23(2)28(22)35-32(41)33(20-11-6-12-21-33)37(30(39)26-18-9-10-19-27(26)34)29-24(3)36(4)38(31(29)40)25-16-7-5-8-17-25/h5,7-10,13-19H,6,11-12,20-21H2,1-4H3,(H,35,41). The normalized spacial score (nSPS) is 14.5. The van der Waals surface area contributed by atoms with Crippen LogP contribution < -0.4 is 15.8 Å². The highest BCUT2D eigenvalue weighted by Gasteiger charge is 2.50. The third-order valence-corrected chi connectivity index (χ3v) is 8.31. The second kappa shape index (κ2) is 11.2. The number of hydrogen-bond acceptors (Lipinski definition) is 3. The van der Waals surface area contributed by atoms with Crippen LogP contribution in [0.1, 0.15) is 59.3 Å². The molecule has 1 aromatic heterocycles. The molecule has 212 valence electrons. The van der Waals surface area contributed by atoms with E-state index in [1.807, 2.05) is 50.2 Å². The zero-order valence-electron chi connectivity index (χ0n) is 23.9. The van der Waals surface area contributed by atoms with E-state index in [4.69, 9.17) is 0 Å². The van der Waals surface area contributed by atoms with Crippen LogP contribution in [0, 0.1) is 26.6 Å². The van der Waals surface area contributed by atoms with E-state index in [2.05, 4.69) is 5.32 Å². The summed E-state index contributed by atoms with van der Waals surface area (Å²) in [5, 5.41) is 3.11. The molecule has 1 fully saturated rings. The van der Waals surface area contributed by atoms with Gasteiger partial charge in [0, 0.05) is 12.7 Å². The second-order valence-corrected chi connectivity index (χ2v) is 10.8. The fourth-order valence-corrected chi connectivity index (χ4v) is 6.01. The van der Waals surface area contributed by atoms with Crippen molar-refractivity contribution < 1.29 is 14.0 Å². The molecule has 1 heterocycles. The number of anilines is 2. The van der Waals surface area contributed by atoms with Crippen molar-refractivity contribution >= 4 is 23.2 Å². The summed E-state index contributed by atoms with van der Waals surface area (Å²) in [7, 11) is 1.74. The van der Waals surface area contributed by atoms with E-state index in [0.29, 0.717) is 42.8 Å². The second-order valence-electron chi connectivity index (χ2n) is 10.8. The lowest BCUT2D eigenvalue weighted by Crippen LogP contribution is -2.61. The maximum absolute atomic E-state index is 15.2. The molecule has 8 heteroatoms. The minimum atomic E-state index is -1.41. The number of rotatable bonds is 6. The van der Waals surface area contributed by atoms with E-state index in [1.165, 1.54) is 27.8 Å². The van der Waals surface area contributed by atoms with Gasteiger partial charge >= 0.3 is 0 Å². The predicted molar refractivity (Wildman–Crippen MR) is 159 cm³/mol. The number of halogens is 1. The molecule has 0 unspecified atom stereocenters. The molecule has 0 radical (unpaired) electrons. The van der Waals surface area contributed by atoms with Crippen molar-refractivity contribution in [3.8, 4) is 5.69 Å². The van der Waals surface area contributed by atoms with Gasteiger partial charge in [0.2, 0.25) is 0 Å². The van der Waals surface area contributed by atoms with Crippen LogP contribution in [0.15, 0.2) is 77.6 Å². The van der Waals surface area contributed by atoms with Crippen molar-refractivity contribution in [1.29, 1.82) is 0 Å². The van der Waals surface area contributed by atoms with E-state index in [9.17, 15) is 14.4 Å². The van der Waals surface area contributed by atoms with Crippen molar-refractivity contribution in [2.24, 2.45) is 7.05 Å². The van der Waals surface area contributed by atoms with Crippen molar-refractivity contribution in [3.63, 3.8) is 0 Å². The molecule has 1 aliphatic rings. The predicted octanol–water partition coefficient (Wildman–Crippen LogP) is 6.23. The number of aryl methyl sites for hydroxylation is 2. The molecule has 41 heavy (non-hydrogen) atoms. The first-order chi connectivity index (χ1) is 19.7. The molecule has 3 aromatic carbocycles. The lowest BCUT2D eigenvalue weighted by Gasteiger charge is -2.44. The molecule has 0 atom stereocenters. The molecular formula is C33H35FN4O3. The van der Waals surface area contributed by atoms with Gasteiger partial charge in [0.05, 0.1) is 16.9 Å². The molecule has 1 N–H and O–H groups in total. The van der Waals surface area contributed by atoms with Gasteiger partial charge < -0.3 is 5.32 Å². The summed E-state index contributed by atoms with van der Waals surface area (Å²) in [6.07, 6.45) is 2.92. The lowest BCUT2D eigenvalue weighted by molar-refractivity contribution is -0.122. The van der Waals surface area contributed by atoms with Gasteiger partial charge in [-0.3, -0.25) is 24.0 Å². The average Bonchev–Trinajstić information content (AvgIpc) is 3.19. The molecule has 5 rings (SSSR count). The van der Waals surface area contributed by atoms with Gasteiger partial charge in [0.25, 0.3) is 17.4 Å². The highest BCUT2D eigenvalue weighted by atomic mass is 19.1. The number of hydrogen-bond donors (Lipinski definition) is 1. The van der Waals surface area contributed by atoms with E-state index in [-0.39, 0.29) is 17.2 Å². The molecule has 2 amide bonds. The third kappa shape index (κ3) is 4.88. The Labute approximate surface area is 239 Å². The van der Waals surface area contributed by atoms with Gasteiger partial charge in [-0.25, -0.2) is 9.07 Å². The Morgan fingerprint density at radius 3 is 2.10 bits per heavy atom. The Morgan fingerprint density at radius 2 is 1.46 bits per heavy atom. The average molecular weight is 555 g/mol. The lowest BCUT2D eigenvalue weighted by atomic mass is 9.78. The monoisotopic (exact) mass is 554 g/mol. The van der Waals surface area contributed by atoms with Crippen LogP contribution in [-0.4, -0.2) is 26.7 Å². The molecule has 1 aliphatic carbocycles. The third-order valence-electron chi connectivity index (χ3n) is 8.31. The molecule has 0 saturated heterocycles. The first kappa shape index (κ1) is 28.1. The Kier molecular flexibility index (Phi) is 7.67. The fourth-order valence-electron chi connectivity index (χ4n) is 6.01. The van der Waals surface area contributed by atoms with Gasteiger partial charge in [0.1, 0.15) is 17.0 Å². The number of amides is 2. The number of benzene rings is 3. The quantitative estimate of drug-likeness (QED) is 0.307. The topological polar surface area (TPSA) is 76.3 Å². The van der Waals surface area contributed by atoms with Gasteiger partial charge in [-0.15, -0.1) is 0 Å². The highest BCUT2D eigenvalue weighted by molar-refractivity contribution is 6.14. The smallest absolute Gasteiger partial charge is 0.295 e. The van der Waals surface area contributed by atoms with Gasteiger partial charge in [0.15, 0.2) is 0 Å². The van der Waals surface area contributed by atoms with Crippen LogP contribution in [0.5, 0.6) is 0 Å². The van der Waals surface area contributed by atoms with E-state index < -0.39 is 22.8 Å². The van der Waals surface area contributed by atoms with Crippen molar-refractivity contribution in [1.82, 2.24) is 9.36 Å². The van der Waals surface area contributed by atoms with Crippen LogP contribution in [0.3, 0.4) is 0 Å². The highest BCUT2D eigenvalue weighted by Crippen LogP contribution is 2.40. The summed E-state index contributed by atoms with van der Waals surface area (Å²) >= 11 is 0. The van der Waals surface area contributed by atoms with Crippen LogP contribution in [0.4, 0.5) is 15.8 Å². The number of para-hydroxylation sites is 2. The summed E-state index contributed by atoms with van der Waals surface area (Å²) in [5.74, 6) is -1.80. The SMILES string of the molecule is Cc1cccc(C)c1NC(=O)C1(N(C(=O)c2ccccc2F)c2c(C)n(C)n(-c3ccccc3)c2=O)CCCCC1. The molecule has 0 spiro atoms. The number of nitrogens with zero attached hydrogens (tertiary/aromatic N) is 3. The minimum absolute atomic E-state index is 0.0724. The Hall–Kier alpha value is -4.46. The number of nitrogens with one attached hydrogen (secondary N) is 1. The summed E-state index contributed by atoms with van der Waals surface area (Å²) in [6, 6.07) is 20.6. The van der Waals surface area contributed by atoms with Crippen LogP contribution in [-0.2, 0) is 11.8 Å². The van der Waals surface area contributed by atoms with Gasteiger partial charge in [-0.05, 0) is 69.0 Å². The van der Waals surface area contributed by atoms with Crippen molar-refractivity contribution in [2.75, 3.05) is 10.2 Å². The number of aromatic nitrogens is 2. The molecule has 7 nitrogen and oxygen atoms in total. The van der Waals surface area contributed by atoms with Crippen LogP contribution in [0.25, 0.3) is 5.69 Å². The van der Waals surface area contributed by atoms with E-state index in [1.54, 1.807) is 36.9 Å². The number of carbonyl (C=O) groups excluding carboxylic acids is 2. The maximum atomic E-state index is 15.2. The largest absolute Gasteiger partial charge is 0.324 e. The summed E-state index contributed by atoms with van der Waals surface area (Å²) in [5.41, 5.74) is 1.58. The Balaban J connectivity index is 1.76. The maximum Gasteiger partial charge on any atom is 0.295 e. The number of carbonyl (C=O) groups is 2. The molecule has 0 bridgehead atoms. The molecular weight excluding hydrogens is 519 g/mol. The molecule has 0 aliphatic heterocycles. The summed E-state index contributed by atoms with van der Waals surface area (Å²) in [4.78, 5) is 44.6. The minimum Gasteiger partial charge on any atom is -0.324 e. The summed E-state index contributed by atoms with van der Waals surface area (Å²) in [6.45, 7) is 5.58. The van der Waals surface area contributed by atoms with E-state index >= 15 is 4.39 Å². The zero-order valence-corrected chi connectivity index (χ0v) is 23.9. The van der Waals surface area contributed by atoms with Crippen LogP contribution >= 0.6 is 0 Å². The Morgan fingerprint density at radius 1 is 0.854 bits per heavy atom. The molecule has 4 aromatic rings. The van der Waals surface area contributed by atoms with Gasteiger partial charge in [-0.1, -0.05) is 67.8 Å². The van der Waals surface area contributed by atoms with Crippen molar-refractivity contribution in [3.05, 3.63) is 111 Å². The molecule has 1 saturated carbocycles. The van der Waals surface area contributed by atoms with E-state index in [0.717, 1.165) is 17.5 Å². The first-order valence-electron chi connectivity index (χ1n) is 14.0. The zero-order chi connectivity index (χ0) is 29.3. The first-order valence-corrected chi connectivity index (χ1v) is 14.0.